The molecule has 8 heteroatoms. The van der Waals surface area contributed by atoms with E-state index in [9.17, 15) is 8.42 Å². The van der Waals surface area contributed by atoms with Gasteiger partial charge in [0.2, 0.25) is 10.0 Å². The number of hydrogen-bond acceptors (Lipinski definition) is 5. The highest BCUT2D eigenvalue weighted by Crippen LogP contribution is 2.32. The Bertz CT molecular complexity index is 925. The Kier molecular flexibility index (Phi) is 5.29. The lowest BCUT2D eigenvalue weighted by atomic mass is 9.87. The molecule has 142 valence electrons. The van der Waals surface area contributed by atoms with Crippen LogP contribution in [0.2, 0.25) is 0 Å². The van der Waals surface area contributed by atoms with Gasteiger partial charge in [-0.1, -0.05) is 20.8 Å². The molecule has 0 unspecified atom stereocenters. The molecule has 1 aliphatic rings. The highest BCUT2D eigenvalue weighted by molar-refractivity contribution is 9.10. The van der Waals surface area contributed by atoms with Gasteiger partial charge in [-0.2, -0.15) is 0 Å². The Morgan fingerprint density at radius 3 is 2.73 bits per heavy atom. The van der Waals surface area contributed by atoms with E-state index < -0.39 is 10.0 Å². The minimum atomic E-state index is -3.40. The molecule has 0 amide bonds. The summed E-state index contributed by atoms with van der Waals surface area (Å²) in [4.78, 5) is 11.6. The van der Waals surface area contributed by atoms with Crippen LogP contribution in [-0.2, 0) is 15.4 Å². The summed E-state index contributed by atoms with van der Waals surface area (Å²) in [6.45, 7) is 8.17. The van der Waals surface area contributed by atoms with Crippen molar-refractivity contribution < 1.29 is 8.42 Å². The summed E-state index contributed by atoms with van der Waals surface area (Å²) in [6.07, 6.45) is 3.34. The average Bonchev–Trinajstić information content (AvgIpc) is 3.00. The van der Waals surface area contributed by atoms with Gasteiger partial charge in [-0.3, -0.25) is 0 Å². The fourth-order valence-electron chi connectivity index (χ4n) is 3.26. The van der Waals surface area contributed by atoms with Gasteiger partial charge in [-0.15, -0.1) is 0 Å². The zero-order chi connectivity index (χ0) is 19.1. The van der Waals surface area contributed by atoms with Gasteiger partial charge in [0.15, 0.2) is 0 Å². The summed E-state index contributed by atoms with van der Waals surface area (Å²) in [5, 5.41) is 5.12. The Balaban J connectivity index is 1.83. The number of benzene rings is 1. The quantitative estimate of drug-likeness (QED) is 0.787. The second kappa shape index (κ2) is 7.05. The van der Waals surface area contributed by atoms with E-state index in [2.05, 4.69) is 58.7 Å². The molecule has 26 heavy (non-hydrogen) atoms. The summed E-state index contributed by atoms with van der Waals surface area (Å²) >= 11 is 3.61. The molecule has 6 nitrogen and oxygen atoms in total. The van der Waals surface area contributed by atoms with Crippen molar-refractivity contribution in [2.45, 2.75) is 39.0 Å². The van der Waals surface area contributed by atoms with Gasteiger partial charge >= 0.3 is 0 Å². The van der Waals surface area contributed by atoms with Gasteiger partial charge in [0, 0.05) is 17.6 Å². The maximum absolute atomic E-state index is 11.2. The average molecular weight is 441 g/mol. The molecule has 3 rings (SSSR count). The number of halogens is 1. The minimum Gasteiger partial charge on any atom is -0.355 e. The monoisotopic (exact) mass is 440 g/mol. The van der Waals surface area contributed by atoms with Gasteiger partial charge in [-0.05, 0) is 57.8 Å². The Morgan fingerprint density at radius 2 is 2.08 bits per heavy atom. The number of anilines is 1. The fourth-order valence-corrected chi connectivity index (χ4v) is 4.48. The topological polar surface area (TPSA) is 89.2 Å². The molecule has 0 aliphatic carbocycles. The molecule has 1 aromatic heterocycles. The molecular formula is C18H25BrN4O2S. The normalized spacial score (nSPS) is 18.7. The lowest BCUT2D eigenvalue weighted by molar-refractivity contribution is 0.550. The maximum Gasteiger partial charge on any atom is 0.209 e. The first-order valence-electron chi connectivity index (χ1n) is 8.75. The zero-order valence-electron chi connectivity index (χ0n) is 15.4. The number of aromatic nitrogens is 2. The van der Waals surface area contributed by atoms with Crippen LogP contribution >= 0.6 is 15.9 Å². The molecule has 0 bridgehead atoms. The molecule has 1 atom stereocenters. The molecule has 0 radical (unpaired) electrons. The van der Waals surface area contributed by atoms with E-state index in [4.69, 9.17) is 10.1 Å². The standard InChI is InChI=1S/C18H25BrN4O2S/c1-18(2,3)13-8-14(19)17-15(9-13)22-16(10-21-17)23-6-4-12(11-23)5-7-26(20,24)25/h8-10,12H,4-7,11H2,1-3H3,(H2,20,24,25)/t12-/m0/s1. The third-order valence-electron chi connectivity index (χ3n) is 4.87. The van der Waals surface area contributed by atoms with E-state index in [1.54, 1.807) is 6.20 Å². The summed E-state index contributed by atoms with van der Waals surface area (Å²) in [6, 6.07) is 4.21. The zero-order valence-corrected chi connectivity index (χ0v) is 17.8. The van der Waals surface area contributed by atoms with E-state index in [1.165, 1.54) is 5.56 Å². The van der Waals surface area contributed by atoms with Gasteiger partial charge < -0.3 is 4.90 Å². The Morgan fingerprint density at radius 1 is 1.35 bits per heavy atom. The molecule has 1 saturated heterocycles. The van der Waals surface area contributed by atoms with E-state index in [0.717, 1.165) is 40.8 Å². The first kappa shape index (κ1) is 19.5. The van der Waals surface area contributed by atoms with Crippen LogP contribution < -0.4 is 10.0 Å². The van der Waals surface area contributed by atoms with Crippen molar-refractivity contribution in [3.8, 4) is 0 Å². The molecule has 1 fully saturated rings. The van der Waals surface area contributed by atoms with Crippen LogP contribution in [0.25, 0.3) is 11.0 Å². The number of primary sulfonamides is 1. The van der Waals surface area contributed by atoms with Crippen LogP contribution in [0.1, 0.15) is 39.2 Å². The minimum absolute atomic E-state index is 0.0286. The number of nitrogens with zero attached hydrogens (tertiary/aromatic N) is 3. The highest BCUT2D eigenvalue weighted by atomic mass is 79.9. The molecule has 2 heterocycles. The van der Waals surface area contributed by atoms with Gasteiger partial charge in [0.25, 0.3) is 0 Å². The Hall–Kier alpha value is -1.25. The van der Waals surface area contributed by atoms with E-state index in [0.29, 0.717) is 12.3 Å². The predicted octanol–water partition coefficient (Wildman–Crippen LogP) is 3.19. The van der Waals surface area contributed by atoms with Crippen molar-refractivity contribution in [2.75, 3.05) is 23.7 Å². The third kappa shape index (κ3) is 4.53. The molecule has 1 aliphatic heterocycles. The first-order valence-corrected chi connectivity index (χ1v) is 11.3. The number of rotatable bonds is 4. The number of fused-ring (bicyclic) bond motifs is 1. The maximum atomic E-state index is 11.2. The largest absolute Gasteiger partial charge is 0.355 e. The van der Waals surface area contributed by atoms with Crippen molar-refractivity contribution in [1.29, 1.82) is 0 Å². The SMILES string of the molecule is CC(C)(C)c1cc(Br)c2ncc(N3CC[C@@H](CCS(N)(=O)=O)C3)nc2c1. The van der Waals surface area contributed by atoms with Crippen LogP contribution in [0.4, 0.5) is 5.82 Å². The summed E-state index contributed by atoms with van der Waals surface area (Å²) in [7, 11) is -3.40. The fraction of sp³-hybridized carbons (Fsp3) is 0.556. The molecule has 2 aromatic rings. The van der Waals surface area contributed by atoms with E-state index in [1.807, 2.05) is 0 Å². The Labute approximate surface area is 163 Å². The van der Waals surface area contributed by atoms with Crippen LogP contribution in [0.5, 0.6) is 0 Å². The second-order valence-electron chi connectivity index (χ2n) is 8.06. The van der Waals surface area contributed by atoms with Crippen molar-refractivity contribution >= 4 is 42.8 Å². The summed E-state index contributed by atoms with van der Waals surface area (Å²) in [5.74, 6) is 1.20. The van der Waals surface area contributed by atoms with Crippen molar-refractivity contribution in [2.24, 2.45) is 11.1 Å². The lowest BCUT2D eigenvalue weighted by Gasteiger charge is -2.21. The van der Waals surface area contributed by atoms with Crippen molar-refractivity contribution in [1.82, 2.24) is 9.97 Å². The number of sulfonamides is 1. The van der Waals surface area contributed by atoms with Crippen LogP contribution in [0, 0.1) is 5.92 Å². The summed E-state index contributed by atoms with van der Waals surface area (Å²) < 4.78 is 23.3. The molecule has 2 N–H and O–H groups in total. The predicted molar refractivity (Wildman–Crippen MR) is 109 cm³/mol. The van der Waals surface area contributed by atoms with E-state index in [-0.39, 0.29) is 11.2 Å². The van der Waals surface area contributed by atoms with Crippen LogP contribution in [0.15, 0.2) is 22.8 Å². The number of hydrogen-bond donors (Lipinski definition) is 1. The van der Waals surface area contributed by atoms with Crippen molar-refractivity contribution in [3.05, 3.63) is 28.4 Å². The summed E-state index contributed by atoms with van der Waals surface area (Å²) in [5.41, 5.74) is 2.96. The lowest BCUT2D eigenvalue weighted by Crippen LogP contribution is -2.23. The smallest absolute Gasteiger partial charge is 0.209 e. The van der Waals surface area contributed by atoms with Gasteiger partial charge in [-0.25, -0.2) is 23.5 Å². The van der Waals surface area contributed by atoms with Crippen LogP contribution in [0.3, 0.4) is 0 Å². The second-order valence-corrected chi connectivity index (χ2v) is 10.6. The van der Waals surface area contributed by atoms with Crippen LogP contribution in [-0.4, -0.2) is 37.2 Å². The van der Waals surface area contributed by atoms with Crippen molar-refractivity contribution in [3.63, 3.8) is 0 Å². The van der Waals surface area contributed by atoms with Gasteiger partial charge in [0.1, 0.15) is 11.3 Å². The number of nitrogens with two attached hydrogens (primary N) is 1. The molecule has 1 aromatic carbocycles. The van der Waals surface area contributed by atoms with Gasteiger partial charge in [0.05, 0.1) is 17.5 Å². The van der Waals surface area contributed by atoms with E-state index >= 15 is 0 Å². The third-order valence-corrected chi connectivity index (χ3v) is 6.28. The molecule has 0 saturated carbocycles. The molecular weight excluding hydrogens is 416 g/mol. The first-order chi connectivity index (χ1) is 12.0. The molecule has 0 spiro atoms. The highest BCUT2D eigenvalue weighted by Gasteiger charge is 2.25.